The Morgan fingerprint density at radius 2 is 2.06 bits per heavy atom. The van der Waals surface area contributed by atoms with E-state index in [1.54, 1.807) is 29.3 Å². The second kappa shape index (κ2) is 6.86. The van der Waals surface area contributed by atoms with E-state index in [0.717, 1.165) is 0 Å². The summed E-state index contributed by atoms with van der Waals surface area (Å²) in [6.07, 6.45) is 5.04. The largest absolute Gasteiger partial charge is 0.367 e. The monoisotopic (exact) mass is 424 g/mol. The number of nitrogens with zero attached hydrogens (tertiary/aromatic N) is 4. The van der Waals surface area contributed by atoms with Crippen LogP contribution < -0.4 is 16.0 Å². The van der Waals surface area contributed by atoms with Gasteiger partial charge in [-0.3, -0.25) is 9.59 Å². The molecule has 1 aliphatic heterocycles. The molecule has 2 atom stereocenters. The van der Waals surface area contributed by atoms with E-state index in [1.165, 1.54) is 35.0 Å². The Bertz CT molecular complexity index is 1230. The lowest BCUT2D eigenvalue weighted by Crippen LogP contribution is -2.48. The van der Waals surface area contributed by atoms with Gasteiger partial charge in [0.1, 0.15) is 23.4 Å². The van der Waals surface area contributed by atoms with E-state index in [1.807, 2.05) is 0 Å². The first kappa shape index (κ1) is 19.2. The summed E-state index contributed by atoms with van der Waals surface area (Å²) in [6, 6.07) is 7.34. The number of aromatic nitrogens is 3. The summed E-state index contributed by atoms with van der Waals surface area (Å²) in [5, 5.41) is 6.69. The van der Waals surface area contributed by atoms with Crippen LogP contribution in [0.1, 0.15) is 28.4 Å². The van der Waals surface area contributed by atoms with Crippen LogP contribution in [0.25, 0.3) is 5.65 Å². The fourth-order valence-electron chi connectivity index (χ4n) is 3.89. The van der Waals surface area contributed by atoms with E-state index in [4.69, 9.17) is 5.73 Å². The molecule has 5 rings (SSSR count). The van der Waals surface area contributed by atoms with Crippen molar-refractivity contribution in [2.75, 3.05) is 11.4 Å². The minimum Gasteiger partial charge on any atom is -0.367 e. The summed E-state index contributed by atoms with van der Waals surface area (Å²) < 4.78 is 29.5. The molecule has 2 amide bonds. The zero-order valence-corrected chi connectivity index (χ0v) is 16.2. The molecule has 0 radical (unpaired) electrons. The standard InChI is InChI=1S/C21H18F2N6O2/c22-13-3-1-2-12(8-13)16-9-14(23)11-28(16)17-4-7-29-18(26-17)15(10-25-29)19(30)27-21(5-6-21)20(24)31/h1-8,10,14,16H,9,11H2,(H2,24,31)(H,27,30)/t14-,16+/m0/s1. The summed E-state index contributed by atoms with van der Waals surface area (Å²) in [5.74, 6) is -1.20. The molecule has 2 aliphatic rings. The molecule has 8 nitrogen and oxygen atoms in total. The maximum absolute atomic E-state index is 14.3. The Hall–Kier alpha value is -3.82. The van der Waals surface area contributed by atoms with Crippen molar-refractivity contribution in [2.45, 2.75) is 24.2 Å². The number of benzene rings is 1. The second-order valence-electron chi connectivity index (χ2n) is 7.69. The summed E-state index contributed by atoms with van der Waals surface area (Å²) in [7, 11) is 0. The number of carbonyl (C=O) groups excluding carboxylic acids is 2. The highest BCUT2D eigenvalue weighted by Gasteiger charge is 2.42. The fourth-order valence-corrected chi connectivity index (χ4v) is 3.89. The van der Waals surface area contributed by atoms with Crippen molar-refractivity contribution in [3.63, 3.8) is 0 Å². The van der Waals surface area contributed by atoms with Gasteiger partial charge in [0, 0.05) is 12.6 Å². The zero-order chi connectivity index (χ0) is 21.8. The van der Waals surface area contributed by atoms with Crippen LogP contribution >= 0.6 is 0 Å². The van der Waals surface area contributed by atoms with Crippen molar-refractivity contribution in [1.29, 1.82) is 0 Å². The van der Waals surface area contributed by atoms with Crippen LogP contribution in [0.2, 0.25) is 0 Å². The molecule has 3 N–H and O–H groups in total. The Balaban J connectivity index is 1.48. The van der Waals surface area contributed by atoms with E-state index in [2.05, 4.69) is 15.4 Å². The van der Waals surface area contributed by atoms with E-state index in [9.17, 15) is 18.4 Å². The molecule has 3 aromatic rings. The third kappa shape index (κ3) is 3.29. The molecule has 1 aromatic carbocycles. The van der Waals surface area contributed by atoms with Gasteiger partial charge < -0.3 is 16.0 Å². The number of amides is 2. The summed E-state index contributed by atoms with van der Waals surface area (Å²) in [4.78, 5) is 30.6. The predicted molar refractivity (Wildman–Crippen MR) is 108 cm³/mol. The third-order valence-electron chi connectivity index (χ3n) is 5.60. The average Bonchev–Trinajstić information content (AvgIpc) is 3.23. The molecule has 1 aliphatic carbocycles. The van der Waals surface area contributed by atoms with Crippen LogP contribution in [0, 0.1) is 5.82 Å². The van der Waals surface area contributed by atoms with Gasteiger partial charge in [-0.2, -0.15) is 5.10 Å². The fraction of sp³-hybridized carbons (Fsp3) is 0.238. The minimum atomic E-state index is -1.26. The van der Waals surface area contributed by atoms with E-state index in [-0.39, 0.29) is 24.2 Å². The van der Waals surface area contributed by atoms with Gasteiger partial charge in [0.2, 0.25) is 0 Å². The molecule has 158 valence electrons. The highest BCUT2D eigenvalue weighted by Crippen LogP contribution is 2.37. The number of hydrogen-bond acceptors (Lipinski definition) is 5. The van der Waals surface area contributed by atoms with Crippen molar-refractivity contribution >= 4 is 23.3 Å². The minimum absolute atomic E-state index is 0.0920. The second-order valence-corrected chi connectivity index (χ2v) is 7.69. The summed E-state index contributed by atoms with van der Waals surface area (Å²) in [6.45, 7) is 0.0920. The number of anilines is 1. The van der Waals surface area contributed by atoms with Crippen LogP contribution in [0.5, 0.6) is 0 Å². The van der Waals surface area contributed by atoms with Gasteiger partial charge >= 0.3 is 0 Å². The zero-order valence-electron chi connectivity index (χ0n) is 16.2. The van der Waals surface area contributed by atoms with Crippen molar-refractivity contribution in [3.8, 4) is 0 Å². The van der Waals surface area contributed by atoms with Gasteiger partial charge in [-0.25, -0.2) is 18.3 Å². The first-order chi connectivity index (χ1) is 14.9. The normalized spacial score (nSPS) is 21.4. The number of nitrogens with one attached hydrogen (secondary N) is 1. The Labute approximate surface area is 175 Å². The number of halogens is 2. The average molecular weight is 424 g/mol. The van der Waals surface area contributed by atoms with Gasteiger partial charge in [-0.1, -0.05) is 12.1 Å². The number of hydrogen-bond donors (Lipinski definition) is 2. The van der Waals surface area contributed by atoms with Gasteiger partial charge in [-0.05, 0) is 35.9 Å². The Morgan fingerprint density at radius 1 is 1.26 bits per heavy atom. The van der Waals surface area contributed by atoms with E-state index in [0.29, 0.717) is 11.4 Å². The molecule has 3 heterocycles. The number of carbonyl (C=O) groups is 2. The van der Waals surface area contributed by atoms with Crippen LogP contribution in [0.3, 0.4) is 0 Å². The first-order valence-corrected chi connectivity index (χ1v) is 9.70. The predicted octanol–water partition coefficient (Wildman–Crippen LogP) is 1.68. The number of alkyl halides is 1. The molecule has 1 fully saturated rings. The molecule has 0 bridgehead atoms. The maximum Gasteiger partial charge on any atom is 0.258 e. The Morgan fingerprint density at radius 3 is 2.77 bits per heavy atom. The number of nitrogens with two attached hydrogens (primary N) is 1. The molecule has 0 saturated carbocycles. The molecule has 31 heavy (non-hydrogen) atoms. The van der Waals surface area contributed by atoms with Gasteiger partial charge in [0.15, 0.2) is 11.2 Å². The van der Waals surface area contributed by atoms with Crippen LogP contribution in [0.4, 0.5) is 14.6 Å². The number of primary amides is 1. The van der Waals surface area contributed by atoms with Gasteiger partial charge in [0.05, 0.1) is 18.8 Å². The molecule has 10 heteroatoms. The molecular weight excluding hydrogens is 406 g/mol. The highest BCUT2D eigenvalue weighted by molar-refractivity contribution is 6.06. The first-order valence-electron chi connectivity index (χ1n) is 9.70. The van der Waals surface area contributed by atoms with Crippen molar-refractivity contribution in [2.24, 2.45) is 5.73 Å². The third-order valence-corrected chi connectivity index (χ3v) is 5.60. The molecule has 0 unspecified atom stereocenters. The topological polar surface area (TPSA) is 106 Å². The van der Waals surface area contributed by atoms with Crippen LogP contribution in [-0.2, 0) is 4.79 Å². The molecule has 1 saturated heterocycles. The smallest absolute Gasteiger partial charge is 0.258 e. The van der Waals surface area contributed by atoms with E-state index < -0.39 is 35.4 Å². The quantitative estimate of drug-likeness (QED) is 0.607. The maximum atomic E-state index is 14.3. The van der Waals surface area contributed by atoms with Crippen molar-refractivity contribution in [3.05, 3.63) is 71.8 Å². The molecule has 0 spiro atoms. The molecular formula is C21H18F2N6O2. The lowest BCUT2D eigenvalue weighted by molar-refractivity contribution is -0.120. The molecule has 2 aromatic heterocycles. The summed E-state index contributed by atoms with van der Waals surface area (Å²) in [5.41, 5.74) is 5.11. The number of rotatable bonds is 5. The van der Waals surface area contributed by atoms with Crippen LogP contribution in [-0.4, -0.2) is 44.7 Å². The Kier molecular flexibility index (Phi) is 4.24. The van der Waals surface area contributed by atoms with Crippen LogP contribution in [0.15, 0.2) is 54.9 Å². The lowest BCUT2D eigenvalue weighted by atomic mass is 10.0. The van der Waals surface area contributed by atoms with Crippen molar-refractivity contribution < 1.29 is 18.4 Å². The van der Waals surface area contributed by atoms with Gasteiger partial charge in [-0.15, -0.1) is 0 Å². The summed E-state index contributed by atoms with van der Waals surface area (Å²) >= 11 is 0. The van der Waals surface area contributed by atoms with Gasteiger partial charge in [0.25, 0.3) is 11.8 Å². The number of fused-ring (bicyclic) bond motifs is 1. The SMILES string of the molecule is NC(=O)C1(NC(=O)c2cnn3ccc(N4C[C@@H](F)C[C@@H]4c4cccc(F)c4)nc23)C=C1. The van der Waals surface area contributed by atoms with Crippen molar-refractivity contribution in [1.82, 2.24) is 19.9 Å². The highest BCUT2D eigenvalue weighted by atomic mass is 19.1. The van der Waals surface area contributed by atoms with E-state index >= 15 is 0 Å². The lowest BCUT2D eigenvalue weighted by Gasteiger charge is -2.25.